The highest BCUT2D eigenvalue weighted by atomic mass is 16.2. The number of hydrogen-bond acceptors (Lipinski definition) is 3. The lowest BCUT2D eigenvalue weighted by Crippen LogP contribution is -2.13. The summed E-state index contributed by atoms with van der Waals surface area (Å²) in [6, 6.07) is 10.0. The van der Waals surface area contributed by atoms with Crippen LogP contribution in [0.1, 0.15) is 34.5 Å². The van der Waals surface area contributed by atoms with E-state index >= 15 is 0 Å². The molecule has 0 radical (unpaired) electrons. The summed E-state index contributed by atoms with van der Waals surface area (Å²) < 4.78 is 0. The van der Waals surface area contributed by atoms with Crippen LogP contribution in [0.25, 0.3) is 22.8 Å². The molecule has 3 heterocycles. The first kappa shape index (κ1) is 20.1. The van der Waals surface area contributed by atoms with Gasteiger partial charge in [-0.2, -0.15) is 0 Å². The Kier molecular flexibility index (Phi) is 5.55. The molecule has 0 atom stereocenters. The van der Waals surface area contributed by atoms with Gasteiger partial charge in [0.15, 0.2) is 0 Å². The molecule has 1 aliphatic rings. The molecule has 154 valence electrons. The summed E-state index contributed by atoms with van der Waals surface area (Å²) in [4.78, 5) is 22.6. The summed E-state index contributed by atoms with van der Waals surface area (Å²) in [5.41, 5.74) is 9.34. The van der Waals surface area contributed by atoms with Crippen LogP contribution >= 0.6 is 0 Å². The van der Waals surface area contributed by atoms with Crippen LogP contribution in [0.3, 0.4) is 0 Å². The Morgan fingerprint density at radius 3 is 2.70 bits per heavy atom. The number of rotatable bonds is 6. The summed E-state index contributed by atoms with van der Waals surface area (Å²) in [5, 5.41) is 3.02. The quantitative estimate of drug-likeness (QED) is 0.591. The Bertz CT molecular complexity index is 1110. The van der Waals surface area contributed by atoms with Crippen LogP contribution in [0.2, 0.25) is 0 Å². The predicted octanol–water partition coefficient (Wildman–Crippen LogP) is 4.68. The predicted molar refractivity (Wildman–Crippen MR) is 123 cm³/mol. The van der Waals surface area contributed by atoms with Crippen molar-refractivity contribution in [1.29, 1.82) is 0 Å². The van der Waals surface area contributed by atoms with Gasteiger partial charge >= 0.3 is 0 Å². The zero-order chi connectivity index (χ0) is 21.3. The third-order valence-electron chi connectivity index (χ3n) is 5.75. The van der Waals surface area contributed by atoms with E-state index in [9.17, 15) is 4.79 Å². The van der Waals surface area contributed by atoms with Gasteiger partial charge in [-0.3, -0.25) is 9.78 Å². The topological polar surface area (TPSA) is 61.0 Å². The molecule has 2 aromatic heterocycles. The molecular formula is C25H28N4O. The smallest absolute Gasteiger partial charge is 0.256 e. The molecule has 0 bridgehead atoms. The second-order valence-corrected chi connectivity index (χ2v) is 8.19. The molecule has 4 rings (SSSR count). The Labute approximate surface area is 177 Å². The number of H-pyrrole nitrogens is 1. The number of nitrogens with zero attached hydrogens (tertiary/aromatic N) is 2. The maximum absolute atomic E-state index is 12.7. The minimum absolute atomic E-state index is 0.0610. The molecular weight excluding hydrogens is 372 g/mol. The molecule has 1 aromatic carbocycles. The molecule has 0 spiro atoms. The van der Waals surface area contributed by atoms with Crippen molar-refractivity contribution in [2.24, 2.45) is 0 Å². The lowest BCUT2D eigenvalue weighted by Gasteiger charge is -2.09. The molecule has 0 unspecified atom stereocenters. The number of benzene rings is 1. The molecule has 2 N–H and O–H groups in total. The van der Waals surface area contributed by atoms with Crippen molar-refractivity contribution in [3.63, 3.8) is 0 Å². The summed E-state index contributed by atoms with van der Waals surface area (Å²) in [7, 11) is 4.20. The van der Waals surface area contributed by atoms with Crippen molar-refractivity contribution in [2.45, 2.75) is 26.7 Å². The van der Waals surface area contributed by atoms with Crippen molar-refractivity contribution in [3.05, 3.63) is 70.8 Å². The van der Waals surface area contributed by atoms with E-state index < -0.39 is 0 Å². The summed E-state index contributed by atoms with van der Waals surface area (Å²) >= 11 is 0. The van der Waals surface area contributed by atoms with Crippen LogP contribution in [0, 0.1) is 13.8 Å². The van der Waals surface area contributed by atoms with Crippen LogP contribution in [0.4, 0.5) is 5.69 Å². The fraction of sp³-hybridized carbons (Fsp3) is 0.280. The third-order valence-corrected chi connectivity index (χ3v) is 5.75. The van der Waals surface area contributed by atoms with Gasteiger partial charge in [-0.25, -0.2) is 0 Å². The van der Waals surface area contributed by atoms with E-state index in [1.165, 1.54) is 16.8 Å². The van der Waals surface area contributed by atoms with E-state index in [1.807, 2.05) is 42.6 Å². The molecule has 1 amide bonds. The van der Waals surface area contributed by atoms with Gasteiger partial charge in [0.05, 0.1) is 5.57 Å². The van der Waals surface area contributed by atoms with Crippen LogP contribution in [0.15, 0.2) is 42.7 Å². The molecule has 5 nitrogen and oxygen atoms in total. The number of aromatic nitrogens is 2. The standard InChI is InChI=1S/C25H28N4O/c1-16-20(8-6-12-29(3)4)17(2)27-23(16)14-22-21-10-9-18(13-24(21)28-25(22)30)19-7-5-11-26-15-19/h5,7,9-11,13-15,27H,6,8,12H2,1-4H3,(H,28,30)/b22-14-. The summed E-state index contributed by atoms with van der Waals surface area (Å²) in [6.07, 6.45) is 7.73. The second kappa shape index (κ2) is 8.28. The normalized spacial score (nSPS) is 14.4. The Hall–Kier alpha value is -3.18. The van der Waals surface area contributed by atoms with Crippen molar-refractivity contribution in [2.75, 3.05) is 26.0 Å². The van der Waals surface area contributed by atoms with E-state index in [4.69, 9.17) is 0 Å². The van der Waals surface area contributed by atoms with Crippen molar-refractivity contribution in [1.82, 2.24) is 14.9 Å². The first-order valence-electron chi connectivity index (χ1n) is 10.3. The van der Waals surface area contributed by atoms with Gasteiger partial charge in [-0.1, -0.05) is 18.2 Å². The number of aryl methyl sites for hydroxylation is 1. The second-order valence-electron chi connectivity index (χ2n) is 8.19. The number of fused-ring (bicyclic) bond motifs is 1. The number of aromatic amines is 1. The number of nitrogens with one attached hydrogen (secondary N) is 2. The van der Waals surface area contributed by atoms with Gasteiger partial charge in [-0.15, -0.1) is 0 Å². The van der Waals surface area contributed by atoms with Gasteiger partial charge in [0, 0.05) is 40.6 Å². The number of pyridine rings is 1. The van der Waals surface area contributed by atoms with Gasteiger partial charge in [-0.05, 0) is 82.2 Å². The summed E-state index contributed by atoms with van der Waals surface area (Å²) in [5.74, 6) is -0.0610. The maximum Gasteiger partial charge on any atom is 0.256 e. The number of anilines is 1. The average molecular weight is 401 g/mol. The highest BCUT2D eigenvalue weighted by molar-refractivity contribution is 6.35. The van der Waals surface area contributed by atoms with E-state index in [0.717, 1.165) is 47.5 Å². The van der Waals surface area contributed by atoms with Gasteiger partial charge in [0.25, 0.3) is 5.91 Å². The fourth-order valence-electron chi connectivity index (χ4n) is 4.10. The lowest BCUT2D eigenvalue weighted by atomic mass is 9.99. The first-order valence-corrected chi connectivity index (χ1v) is 10.3. The number of amides is 1. The molecule has 1 aliphatic heterocycles. The average Bonchev–Trinajstić information content (AvgIpc) is 3.18. The largest absolute Gasteiger partial charge is 0.359 e. The first-order chi connectivity index (χ1) is 14.4. The summed E-state index contributed by atoms with van der Waals surface area (Å²) in [6.45, 7) is 5.32. The van der Waals surface area contributed by atoms with Gasteiger partial charge in [0.1, 0.15) is 0 Å². The molecule has 0 aliphatic carbocycles. The highest BCUT2D eigenvalue weighted by Gasteiger charge is 2.25. The molecule has 0 saturated heterocycles. The Morgan fingerprint density at radius 1 is 1.13 bits per heavy atom. The molecule has 0 fully saturated rings. The zero-order valence-corrected chi connectivity index (χ0v) is 18.0. The molecule has 0 saturated carbocycles. The monoisotopic (exact) mass is 400 g/mol. The van der Waals surface area contributed by atoms with Crippen molar-refractivity contribution >= 4 is 23.2 Å². The Morgan fingerprint density at radius 2 is 1.97 bits per heavy atom. The van der Waals surface area contributed by atoms with E-state index in [1.54, 1.807) is 6.20 Å². The Balaban J connectivity index is 1.64. The van der Waals surface area contributed by atoms with E-state index in [2.05, 4.69) is 48.1 Å². The lowest BCUT2D eigenvalue weighted by molar-refractivity contribution is -0.110. The van der Waals surface area contributed by atoms with Crippen LogP contribution in [-0.4, -0.2) is 41.4 Å². The third kappa shape index (κ3) is 3.94. The van der Waals surface area contributed by atoms with Crippen LogP contribution in [-0.2, 0) is 11.2 Å². The number of carbonyl (C=O) groups excluding carboxylic acids is 1. The van der Waals surface area contributed by atoms with Gasteiger partial charge < -0.3 is 15.2 Å². The minimum Gasteiger partial charge on any atom is -0.359 e. The maximum atomic E-state index is 12.7. The highest BCUT2D eigenvalue weighted by Crippen LogP contribution is 2.36. The minimum atomic E-state index is -0.0610. The SMILES string of the molecule is Cc1[nH]c(/C=C2\C(=O)Nc3cc(-c4cccnc4)ccc32)c(C)c1CCCN(C)C. The van der Waals surface area contributed by atoms with E-state index in [-0.39, 0.29) is 5.91 Å². The van der Waals surface area contributed by atoms with Crippen molar-refractivity contribution in [3.8, 4) is 11.1 Å². The molecule has 3 aromatic rings. The van der Waals surface area contributed by atoms with Gasteiger partial charge in [0.2, 0.25) is 0 Å². The van der Waals surface area contributed by atoms with E-state index in [0.29, 0.717) is 5.57 Å². The zero-order valence-electron chi connectivity index (χ0n) is 18.0. The number of carbonyl (C=O) groups is 1. The number of hydrogen-bond donors (Lipinski definition) is 2. The molecule has 5 heteroatoms. The van der Waals surface area contributed by atoms with Crippen LogP contribution < -0.4 is 5.32 Å². The fourth-order valence-corrected chi connectivity index (χ4v) is 4.10. The molecule has 30 heavy (non-hydrogen) atoms. The van der Waals surface area contributed by atoms with Crippen molar-refractivity contribution < 1.29 is 4.79 Å². The van der Waals surface area contributed by atoms with Crippen LogP contribution in [0.5, 0.6) is 0 Å².